The second-order valence-electron chi connectivity index (χ2n) is 7.83. The molecule has 1 aliphatic rings. The summed E-state index contributed by atoms with van der Waals surface area (Å²) in [5.41, 5.74) is 2.25. The molecule has 170 valence electrons. The van der Waals surface area contributed by atoms with Gasteiger partial charge in [0.15, 0.2) is 0 Å². The van der Waals surface area contributed by atoms with Gasteiger partial charge in [0.2, 0.25) is 11.8 Å². The Balaban J connectivity index is 1.57. The van der Waals surface area contributed by atoms with Gasteiger partial charge in [0, 0.05) is 38.3 Å². The summed E-state index contributed by atoms with van der Waals surface area (Å²) in [5.74, 6) is 0.142. The van der Waals surface area contributed by atoms with Crippen LogP contribution in [0.5, 0.6) is 5.75 Å². The molecule has 9 nitrogen and oxygen atoms in total. The molecule has 1 heterocycles. The first-order chi connectivity index (χ1) is 15.3. The van der Waals surface area contributed by atoms with E-state index in [9.17, 15) is 19.7 Å². The van der Waals surface area contributed by atoms with Crippen LogP contribution in [-0.2, 0) is 16.0 Å². The zero-order valence-electron chi connectivity index (χ0n) is 18.5. The highest BCUT2D eigenvalue weighted by atomic mass is 16.6. The van der Waals surface area contributed by atoms with Crippen LogP contribution in [0.4, 0.5) is 11.4 Å². The molecule has 0 aromatic heterocycles. The Bertz CT molecular complexity index is 1000. The molecule has 2 aromatic rings. The fourth-order valence-electron chi connectivity index (χ4n) is 3.75. The molecular weight excluding hydrogens is 412 g/mol. The lowest BCUT2D eigenvalue weighted by Crippen LogP contribution is -2.54. The van der Waals surface area contributed by atoms with E-state index in [2.05, 4.69) is 5.32 Å². The molecular formula is C23H28N4O5. The third-order valence-corrected chi connectivity index (χ3v) is 5.85. The van der Waals surface area contributed by atoms with Crippen LogP contribution in [0.3, 0.4) is 0 Å². The Labute approximate surface area is 187 Å². The number of nitro groups is 1. The van der Waals surface area contributed by atoms with Crippen molar-refractivity contribution in [3.8, 4) is 5.75 Å². The Morgan fingerprint density at radius 3 is 2.47 bits per heavy atom. The number of hydrogen-bond donors (Lipinski definition) is 1. The highest BCUT2D eigenvalue weighted by Gasteiger charge is 2.28. The first-order valence-electron chi connectivity index (χ1n) is 10.5. The summed E-state index contributed by atoms with van der Waals surface area (Å²) in [6.07, 6.45) is 0.370. The number of benzene rings is 2. The van der Waals surface area contributed by atoms with Crippen molar-refractivity contribution in [2.45, 2.75) is 26.3 Å². The normalized spacial score (nSPS) is 15.2. The maximum Gasteiger partial charge on any atom is 0.271 e. The lowest BCUT2D eigenvalue weighted by Gasteiger charge is -2.37. The van der Waals surface area contributed by atoms with E-state index in [1.165, 1.54) is 25.3 Å². The number of methoxy groups -OCH3 is 1. The number of nitro benzene ring substituents is 1. The zero-order chi connectivity index (χ0) is 23.3. The number of piperazine rings is 1. The predicted octanol–water partition coefficient (Wildman–Crippen LogP) is 2.63. The van der Waals surface area contributed by atoms with Crippen LogP contribution in [0.15, 0.2) is 42.5 Å². The largest absolute Gasteiger partial charge is 0.495 e. The van der Waals surface area contributed by atoms with Gasteiger partial charge in [-0.15, -0.1) is 0 Å². The van der Waals surface area contributed by atoms with Gasteiger partial charge in [-0.1, -0.05) is 24.3 Å². The summed E-state index contributed by atoms with van der Waals surface area (Å²) in [5, 5.41) is 13.8. The van der Waals surface area contributed by atoms with E-state index < -0.39 is 11.0 Å². The highest BCUT2D eigenvalue weighted by molar-refractivity contribution is 5.96. The molecule has 1 saturated heterocycles. The van der Waals surface area contributed by atoms with E-state index in [1.807, 2.05) is 41.0 Å². The predicted molar refractivity (Wildman–Crippen MR) is 121 cm³/mol. The number of nitrogens with zero attached hydrogens (tertiary/aromatic N) is 3. The second kappa shape index (κ2) is 10.2. The van der Waals surface area contributed by atoms with Crippen LogP contribution in [-0.4, -0.2) is 65.9 Å². The SMILES string of the molecule is COc1ccc([N+](=O)[O-])cc1NC(=O)C(C)N1CCN(C(=O)Cc2ccccc2C)CC1. The fourth-order valence-corrected chi connectivity index (χ4v) is 3.75. The first kappa shape index (κ1) is 23.2. The van der Waals surface area contributed by atoms with Crippen LogP contribution < -0.4 is 10.1 Å². The summed E-state index contributed by atoms with van der Waals surface area (Å²) in [6.45, 7) is 6.01. The third kappa shape index (κ3) is 5.42. The van der Waals surface area contributed by atoms with Crippen molar-refractivity contribution in [2.24, 2.45) is 0 Å². The Kier molecular flexibility index (Phi) is 7.42. The van der Waals surface area contributed by atoms with Gasteiger partial charge in [-0.3, -0.25) is 24.6 Å². The monoisotopic (exact) mass is 440 g/mol. The van der Waals surface area contributed by atoms with Crippen LogP contribution >= 0.6 is 0 Å². The average Bonchev–Trinajstić information content (AvgIpc) is 2.80. The van der Waals surface area contributed by atoms with Gasteiger partial charge < -0.3 is 15.0 Å². The Morgan fingerprint density at radius 1 is 1.16 bits per heavy atom. The van der Waals surface area contributed by atoms with Gasteiger partial charge in [0.1, 0.15) is 5.75 Å². The van der Waals surface area contributed by atoms with Gasteiger partial charge in [-0.25, -0.2) is 0 Å². The van der Waals surface area contributed by atoms with E-state index in [1.54, 1.807) is 6.92 Å². The van der Waals surface area contributed by atoms with Crippen molar-refractivity contribution < 1.29 is 19.2 Å². The number of carbonyl (C=O) groups excluding carboxylic acids is 2. The number of aryl methyl sites for hydroxylation is 1. The summed E-state index contributed by atoms with van der Waals surface area (Å²) in [4.78, 5) is 39.8. The van der Waals surface area contributed by atoms with E-state index in [-0.39, 0.29) is 23.2 Å². The Morgan fingerprint density at radius 2 is 1.84 bits per heavy atom. The zero-order valence-corrected chi connectivity index (χ0v) is 18.5. The smallest absolute Gasteiger partial charge is 0.271 e. The van der Waals surface area contributed by atoms with Crippen molar-refractivity contribution in [3.63, 3.8) is 0 Å². The molecule has 0 saturated carbocycles. The summed E-state index contributed by atoms with van der Waals surface area (Å²) in [7, 11) is 1.44. The molecule has 32 heavy (non-hydrogen) atoms. The molecule has 1 N–H and O–H groups in total. The van der Waals surface area contributed by atoms with Crippen molar-refractivity contribution in [1.29, 1.82) is 0 Å². The van der Waals surface area contributed by atoms with Crippen LogP contribution in [0.25, 0.3) is 0 Å². The number of rotatable bonds is 7. The first-order valence-corrected chi connectivity index (χ1v) is 10.5. The van der Waals surface area contributed by atoms with Crippen LogP contribution in [0.1, 0.15) is 18.1 Å². The maximum atomic E-state index is 12.8. The van der Waals surface area contributed by atoms with Crippen molar-refractivity contribution in [1.82, 2.24) is 9.80 Å². The summed E-state index contributed by atoms with van der Waals surface area (Å²) in [6, 6.07) is 11.5. The van der Waals surface area contributed by atoms with E-state index in [0.29, 0.717) is 38.3 Å². The minimum atomic E-state index is -0.522. The number of non-ortho nitro benzene ring substituents is 1. The standard InChI is InChI=1S/C23H28N4O5/c1-16-6-4-5-7-18(16)14-22(28)26-12-10-25(11-13-26)17(2)23(29)24-20-15-19(27(30)31)8-9-21(20)32-3/h4-9,15,17H,10-14H2,1-3H3,(H,24,29). The molecule has 1 fully saturated rings. The van der Waals surface area contributed by atoms with E-state index >= 15 is 0 Å². The lowest BCUT2D eigenvalue weighted by atomic mass is 10.0. The highest BCUT2D eigenvalue weighted by Crippen LogP contribution is 2.29. The number of ether oxygens (including phenoxy) is 1. The summed E-state index contributed by atoms with van der Waals surface area (Å²) >= 11 is 0. The van der Waals surface area contributed by atoms with Gasteiger partial charge in [-0.05, 0) is 31.0 Å². The van der Waals surface area contributed by atoms with Gasteiger partial charge in [-0.2, -0.15) is 0 Å². The summed E-state index contributed by atoms with van der Waals surface area (Å²) < 4.78 is 5.21. The maximum absolute atomic E-state index is 12.8. The van der Waals surface area contributed by atoms with Gasteiger partial charge in [0.25, 0.3) is 5.69 Å². The molecule has 9 heteroatoms. The van der Waals surface area contributed by atoms with Gasteiger partial charge >= 0.3 is 0 Å². The lowest BCUT2D eigenvalue weighted by molar-refractivity contribution is -0.384. The quantitative estimate of drug-likeness (QED) is 0.524. The molecule has 0 radical (unpaired) electrons. The van der Waals surface area contributed by atoms with E-state index in [0.717, 1.165) is 11.1 Å². The fraction of sp³-hybridized carbons (Fsp3) is 0.391. The Hall–Kier alpha value is -3.46. The number of anilines is 1. The van der Waals surface area contributed by atoms with Crippen molar-refractivity contribution in [3.05, 3.63) is 63.7 Å². The molecule has 0 bridgehead atoms. The third-order valence-electron chi connectivity index (χ3n) is 5.85. The number of carbonyl (C=O) groups is 2. The van der Waals surface area contributed by atoms with Crippen molar-refractivity contribution >= 4 is 23.2 Å². The molecule has 0 spiro atoms. The number of hydrogen-bond acceptors (Lipinski definition) is 6. The van der Waals surface area contributed by atoms with Crippen LogP contribution in [0.2, 0.25) is 0 Å². The van der Waals surface area contributed by atoms with Crippen molar-refractivity contribution in [2.75, 3.05) is 38.6 Å². The molecule has 0 aliphatic carbocycles. The second-order valence-corrected chi connectivity index (χ2v) is 7.83. The molecule has 2 aromatic carbocycles. The molecule has 1 aliphatic heterocycles. The minimum Gasteiger partial charge on any atom is -0.495 e. The number of amides is 2. The van der Waals surface area contributed by atoms with E-state index in [4.69, 9.17) is 4.74 Å². The molecule has 1 atom stereocenters. The van der Waals surface area contributed by atoms with Crippen LogP contribution in [0, 0.1) is 17.0 Å². The molecule has 1 unspecified atom stereocenters. The molecule has 2 amide bonds. The topological polar surface area (TPSA) is 105 Å². The minimum absolute atomic E-state index is 0.0809. The average molecular weight is 441 g/mol. The van der Waals surface area contributed by atoms with Gasteiger partial charge in [0.05, 0.1) is 30.2 Å². The number of nitrogens with one attached hydrogen (secondary N) is 1. The molecule has 3 rings (SSSR count).